The standard InChI is InChI=1S/C14H15F2NO2/c15-14(16)19-9-5-6-11-10(7-9)12(13(18)17-11)8-3-1-2-4-8/h5-8,12,14H,1-4H2,(H,17,18). The van der Waals surface area contributed by atoms with Crippen molar-refractivity contribution in [2.75, 3.05) is 5.32 Å². The van der Waals surface area contributed by atoms with E-state index in [1.807, 2.05) is 0 Å². The number of rotatable bonds is 3. The van der Waals surface area contributed by atoms with Crippen LogP contribution in [0, 0.1) is 5.92 Å². The van der Waals surface area contributed by atoms with Gasteiger partial charge < -0.3 is 10.1 Å². The summed E-state index contributed by atoms with van der Waals surface area (Å²) in [7, 11) is 0. The largest absolute Gasteiger partial charge is 0.435 e. The number of anilines is 1. The Labute approximate surface area is 109 Å². The maximum absolute atomic E-state index is 12.2. The van der Waals surface area contributed by atoms with E-state index >= 15 is 0 Å². The molecule has 1 amide bonds. The van der Waals surface area contributed by atoms with Crippen LogP contribution >= 0.6 is 0 Å². The lowest BCUT2D eigenvalue weighted by atomic mass is 9.86. The summed E-state index contributed by atoms with van der Waals surface area (Å²) in [4.78, 5) is 12.1. The summed E-state index contributed by atoms with van der Waals surface area (Å²) < 4.78 is 28.9. The van der Waals surface area contributed by atoms with Gasteiger partial charge in [-0.2, -0.15) is 8.78 Å². The molecule has 19 heavy (non-hydrogen) atoms. The fourth-order valence-corrected chi connectivity index (χ4v) is 3.20. The molecule has 102 valence electrons. The Hall–Kier alpha value is -1.65. The Bertz CT molecular complexity index is 498. The molecule has 0 radical (unpaired) electrons. The molecule has 2 aliphatic rings. The Balaban J connectivity index is 1.91. The highest BCUT2D eigenvalue weighted by atomic mass is 19.3. The van der Waals surface area contributed by atoms with Crippen molar-refractivity contribution in [3.63, 3.8) is 0 Å². The molecular weight excluding hydrogens is 252 g/mol. The molecule has 1 fully saturated rings. The van der Waals surface area contributed by atoms with Gasteiger partial charge in [0.2, 0.25) is 5.91 Å². The van der Waals surface area contributed by atoms with Crippen LogP contribution in [0.3, 0.4) is 0 Å². The predicted octanol–water partition coefficient (Wildman–Crippen LogP) is 3.51. The van der Waals surface area contributed by atoms with E-state index in [0.29, 0.717) is 5.92 Å². The van der Waals surface area contributed by atoms with E-state index in [4.69, 9.17) is 0 Å². The first kappa shape index (κ1) is 12.4. The van der Waals surface area contributed by atoms with Crippen LogP contribution in [0.2, 0.25) is 0 Å². The second-order valence-electron chi connectivity index (χ2n) is 5.14. The van der Waals surface area contributed by atoms with Crippen LogP contribution in [0.25, 0.3) is 0 Å². The van der Waals surface area contributed by atoms with Crippen molar-refractivity contribution < 1.29 is 18.3 Å². The maximum Gasteiger partial charge on any atom is 0.387 e. The monoisotopic (exact) mass is 267 g/mol. The molecule has 1 aromatic carbocycles. The smallest absolute Gasteiger partial charge is 0.387 e. The quantitative estimate of drug-likeness (QED) is 0.910. The second-order valence-corrected chi connectivity index (χ2v) is 5.14. The van der Waals surface area contributed by atoms with Gasteiger partial charge in [-0.25, -0.2) is 0 Å². The molecular formula is C14H15F2NO2. The number of halogens is 2. The third-order valence-electron chi connectivity index (χ3n) is 3.99. The first-order chi connectivity index (χ1) is 9.15. The van der Waals surface area contributed by atoms with Gasteiger partial charge in [-0.05, 0) is 42.5 Å². The third-order valence-corrected chi connectivity index (χ3v) is 3.99. The van der Waals surface area contributed by atoms with E-state index in [1.54, 1.807) is 12.1 Å². The highest BCUT2D eigenvalue weighted by molar-refractivity contribution is 6.03. The second kappa shape index (κ2) is 4.79. The van der Waals surface area contributed by atoms with Gasteiger partial charge in [0.15, 0.2) is 0 Å². The molecule has 0 aromatic heterocycles. The van der Waals surface area contributed by atoms with Crippen LogP contribution in [-0.2, 0) is 4.79 Å². The summed E-state index contributed by atoms with van der Waals surface area (Å²) in [6.45, 7) is -2.84. The normalized spacial score (nSPS) is 22.7. The number of amides is 1. The van der Waals surface area contributed by atoms with Gasteiger partial charge in [0.05, 0.1) is 5.92 Å². The zero-order valence-corrected chi connectivity index (χ0v) is 10.4. The lowest BCUT2D eigenvalue weighted by Crippen LogP contribution is -2.18. The predicted molar refractivity (Wildman–Crippen MR) is 66.4 cm³/mol. The lowest BCUT2D eigenvalue weighted by Gasteiger charge is -2.16. The first-order valence-corrected chi connectivity index (χ1v) is 6.55. The minimum Gasteiger partial charge on any atom is -0.435 e. The van der Waals surface area contributed by atoms with Crippen LogP contribution in [0.1, 0.15) is 37.2 Å². The van der Waals surface area contributed by atoms with Crippen molar-refractivity contribution in [2.24, 2.45) is 5.92 Å². The van der Waals surface area contributed by atoms with Crippen molar-refractivity contribution in [1.82, 2.24) is 0 Å². The van der Waals surface area contributed by atoms with E-state index < -0.39 is 6.61 Å². The molecule has 1 heterocycles. The maximum atomic E-state index is 12.2. The number of carbonyl (C=O) groups is 1. The Morgan fingerprint density at radius 1 is 1.26 bits per heavy atom. The average molecular weight is 267 g/mol. The van der Waals surface area contributed by atoms with Crippen LogP contribution < -0.4 is 10.1 Å². The lowest BCUT2D eigenvalue weighted by molar-refractivity contribution is -0.118. The topological polar surface area (TPSA) is 38.3 Å². The summed E-state index contributed by atoms with van der Waals surface area (Å²) in [5.41, 5.74) is 1.53. The van der Waals surface area contributed by atoms with Crippen molar-refractivity contribution in [3.05, 3.63) is 23.8 Å². The van der Waals surface area contributed by atoms with Crippen molar-refractivity contribution in [2.45, 2.75) is 38.2 Å². The number of hydrogen-bond donors (Lipinski definition) is 1. The Morgan fingerprint density at radius 3 is 2.68 bits per heavy atom. The summed E-state index contributed by atoms with van der Waals surface area (Å²) in [5.74, 6) is 0.214. The SMILES string of the molecule is O=C1Nc2ccc(OC(F)F)cc2C1C1CCCC1. The highest BCUT2D eigenvalue weighted by Gasteiger charge is 2.38. The molecule has 1 N–H and O–H groups in total. The molecule has 1 saturated carbocycles. The summed E-state index contributed by atoms with van der Waals surface area (Å²) in [6.07, 6.45) is 4.32. The molecule has 5 heteroatoms. The van der Waals surface area contributed by atoms with E-state index in [0.717, 1.165) is 36.9 Å². The van der Waals surface area contributed by atoms with Gasteiger partial charge in [0.25, 0.3) is 0 Å². The zero-order chi connectivity index (χ0) is 13.4. The van der Waals surface area contributed by atoms with Crippen LogP contribution in [-0.4, -0.2) is 12.5 Å². The fourth-order valence-electron chi connectivity index (χ4n) is 3.20. The van der Waals surface area contributed by atoms with Gasteiger partial charge in [0.1, 0.15) is 5.75 Å². The number of nitrogens with one attached hydrogen (secondary N) is 1. The van der Waals surface area contributed by atoms with Gasteiger partial charge in [0, 0.05) is 5.69 Å². The molecule has 1 unspecified atom stereocenters. The number of hydrogen-bond acceptors (Lipinski definition) is 2. The minimum atomic E-state index is -2.84. The van der Waals surface area contributed by atoms with E-state index in [2.05, 4.69) is 10.1 Å². The first-order valence-electron chi connectivity index (χ1n) is 6.55. The Morgan fingerprint density at radius 2 is 2.00 bits per heavy atom. The van der Waals surface area contributed by atoms with Crippen LogP contribution in [0.5, 0.6) is 5.75 Å². The molecule has 3 rings (SSSR count). The van der Waals surface area contributed by atoms with Gasteiger partial charge in [-0.15, -0.1) is 0 Å². The number of ether oxygens (including phenoxy) is 1. The van der Waals surface area contributed by atoms with E-state index in [-0.39, 0.29) is 17.6 Å². The molecule has 3 nitrogen and oxygen atoms in total. The summed E-state index contributed by atoms with van der Waals surface area (Å²) in [5, 5.41) is 2.82. The number of carbonyl (C=O) groups excluding carboxylic acids is 1. The Kier molecular flexibility index (Phi) is 3.12. The van der Waals surface area contributed by atoms with Crippen LogP contribution in [0.15, 0.2) is 18.2 Å². The molecule has 1 aromatic rings. The summed E-state index contributed by atoms with van der Waals surface area (Å²) in [6, 6.07) is 4.67. The molecule has 0 spiro atoms. The van der Waals surface area contributed by atoms with Gasteiger partial charge >= 0.3 is 6.61 Å². The molecule has 1 atom stereocenters. The van der Waals surface area contributed by atoms with Gasteiger partial charge in [-0.1, -0.05) is 12.8 Å². The van der Waals surface area contributed by atoms with E-state index in [1.165, 1.54) is 6.07 Å². The highest BCUT2D eigenvalue weighted by Crippen LogP contribution is 2.45. The number of alkyl halides is 2. The molecule has 1 aliphatic carbocycles. The third kappa shape index (κ3) is 2.29. The van der Waals surface area contributed by atoms with E-state index in [9.17, 15) is 13.6 Å². The van der Waals surface area contributed by atoms with Crippen molar-refractivity contribution >= 4 is 11.6 Å². The number of fused-ring (bicyclic) bond motifs is 1. The van der Waals surface area contributed by atoms with Gasteiger partial charge in [-0.3, -0.25) is 4.79 Å². The van der Waals surface area contributed by atoms with Crippen molar-refractivity contribution in [1.29, 1.82) is 0 Å². The average Bonchev–Trinajstić information content (AvgIpc) is 2.94. The zero-order valence-electron chi connectivity index (χ0n) is 10.4. The summed E-state index contributed by atoms with van der Waals surface area (Å²) >= 11 is 0. The molecule has 0 bridgehead atoms. The fraction of sp³-hybridized carbons (Fsp3) is 0.500. The number of benzene rings is 1. The molecule has 1 aliphatic heterocycles. The van der Waals surface area contributed by atoms with Crippen molar-refractivity contribution in [3.8, 4) is 5.75 Å². The minimum absolute atomic E-state index is 0.0175. The van der Waals surface area contributed by atoms with Crippen LogP contribution in [0.4, 0.5) is 14.5 Å². The molecule has 0 saturated heterocycles.